The maximum atomic E-state index is 12.5. The fraction of sp³-hybridized carbons (Fsp3) is 0.250. The highest BCUT2D eigenvalue weighted by Crippen LogP contribution is 2.27. The molecule has 0 aliphatic heterocycles. The number of hydrogen-bond donors (Lipinski definition) is 1. The molecular formula is C8H9FO3S. The van der Waals surface area contributed by atoms with E-state index in [0.717, 1.165) is 6.07 Å². The summed E-state index contributed by atoms with van der Waals surface area (Å²) >= 11 is 0. The molecule has 0 saturated carbocycles. The van der Waals surface area contributed by atoms with Gasteiger partial charge in [-0.25, -0.2) is 0 Å². The van der Waals surface area contributed by atoms with Gasteiger partial charge in [0.1, 0.15) is 10.6 Å². The molecule has 1 N–H and O–H groups in total. The third-order valence-electron chi connectivity index (χ3n) is 1.84. The lowest BCUT2D eigenvalue weighted by Crippen LogP contribution is -1.94. The molecule has 1 aromatic carbocycles. The van der Waals surface area contributed by atoms with Gasteiger partial charge < -0.3 is 5.11 Å². The van der Waals surface area contributed by atoms with Crippen molar-refractivity contribution >= 4 is 10.2 Å². The van der Waals surface area contributed by atoms with Gasteiger partial charge in [0, 0.05) is 0 Å². The van der Waals surface area contributed by atoms with Gasteiger partial charge in [-0.15, -0.1) is 3.89 Å². The second-order valence-corrected chi connectivity index (χ2v) is 4.16. The van der Waals surface area contributed by atoms with E-state index in [1.165, 1.54) is 6.07 Å². The van der Waals surface area contributed by atoms with Gasteiger partial charge in [-0.3, -0.25) is 0 Å². The molecule has 0 spiro atoms. The van der Waals surface area contributed by atoms with Crippen LogP contribution in [-0.4, -0.2) is 13.5 Å². The molecule has 1 aromatic rings. The second-order valence-electron chi connectivity index (χ2n) is 2.84. The molecule has 5 heteroatoms. The van der Waals surface area contributed by atoms with Gasteiger partial charge in [0.05, 0.1) is 0 Å². The van der Waals surface area contributed by atoms with Crippen molar-refractivity contribution in [1.82, 2.24) is 0 Å². The molecule has 0 heterocycles. The van der Waals surface area contributed by atoms with Gasteiger partial charge in [0.25, 0.3) is 0 Å². The molecule has 13 heavy (non-hydrogen) atoms. The maximum Gasteiger partial charge on any atom is 0.335 e. The van der Waals surface area contributed by atoms with E-state index in [4.69, 9.17) is 5.11 Å². The Morgan fingerprint density at radius 3 is 2.15 bits per heavy atom. The van der Waals surface area contributed by atoms with Crippen molar-refractivity contribution in [3.63, 3.8) is 0 Å². The summed E-state index contributed by atoms with van der Waals surface area (Å²) < 4.78 is 33.5. The van der Waals surface area contributed by atoms with Crippen molar-refractivity contribution in [3.05, 3.63) is 23.3 Å². The highest BCUT2D eigenvalue weighted by atomic mass is 32.3. The van der Waals surface area contributed by atoms with E-state index in [-0.39, 0.29) is 0 Å². The molecule has 72 valence electrons. The molecule has 0 unspecified atom stereocenters. The number of phenols is 1. The fourth-order valence-corrected chi connectivity index (χ4v) is 1.60. The Labute approximate surface area is 76.0 Å². The molecule has 0 radical (unpaired) electrons. The molecule has 0 bridgehead atoms. The summed E-state index contributed by atoms with van der Waals surface area (Å²) in [6, 6.07) is 2.34. The predicted octanol–water partition coefficient (Wildman–Crippen LogP) is 1.67. The van der Waals surface area contributed by atoms with Crippen molar-refractivity contribution in [2.75, 3.05) is 0 Å². The van der Waals surface area contributed by atoms with E-state index in [1.54, 1.807) is 13.8 Å². The first-order chi connectivity index (χ1) is 5.82. The van der Waals surface area contributed by atoms with Gasteiger partial charge >= 0.3 is 10.2 Å². The highest BCUT2D eigenvalue weighted by molar-refractivity contribution is 7.86. The summed E-state index contributed by atoms with van der Waals surface area (Å²) in [6.45, 7) is 3.34. The third-order valence-corrected chi connectivity index (χ3v) is 2.69. The van der Waals surface area contributed by atoms with Crippen LogP contribution < -0.4 is 0 Å². The molecule has 0 saturated heterocycles. The first-order valence-electron chi connectivity index (χ1n) is 3.57. The first kappa shape index (κ1) is 9.98. The van der Waals surface area contributed by atoms with E-state index in [1.807, 2.05) is 0 Å². The molecule has 0 fully saturated rings. The molecule has 0 aliphatic carbocycles. The minimum Gasteiger partial charge on any atom is -0.506 e. The zero-order chi connectivity index (χ0) is 10.2. The number of aryl methyl sites for hydroxylation is 2. The minimum atomic E-state index is -4.82. The normalized spacial score (nSPS) is 11.6. The average Bonchev–Trinajstić information content (AvgIpc) is 1.94. The number of aromatic hydroxyl groups is 1. The molecule has 0 amide bonds. The topological polar surface area (TPSA) is 54.4 Å². The standard InChI is InChI=1S/C8H9FO3S/c1-5-3-7(10)8(4-6(5)2)13(9,11)12/h3-4,10H,1-2H3. The van der Waals surface area contributed by atoms with Crippen LogP contribution in [0.3, 0.4) is 0 Å². The minimum absolute atomic E-state index is 0.550. The van der Waals surface area contributed by atoms with Gasteiger partial charge in [-0.05, 0) is 37.1 Å². The Morgan fingerprint density at radius 1 is 1.23 bits per heavy atom. The van der Waals surface area contributed by atoms with Crippen LogP contribution in [0.25, 0.3) is 0 Å². The molecule has 0 aliphatic rings. The van der Waals surface area contributed by atoms with Crippen molar-refractivity contribution in [2.24, 2.45) is 0 Å². The second kappa shape index (κ2) is 2.99. The van der Waals surface area contributed by atoms with Crippen LogP contribution in [0.15, 0.2) is 17.0 Å². The lowest BCUT2D eigenvalue weighted by atomic mass is 10.1. The van der Waals surface area contributed by atoms with Crippen molar-refractivity contribution in [2.45, 2.75) is 18.7 Å². The lowest BCUT2D eigenvalue weighted by Gasteiger charge is -2.04. The zero-order valence-electron chi connectivity index (χ0n) is 7.20. The third kappa shape index (κ3) is 1.98. The molecule has 1 rings (SSSR count). The molecule has 0 atom stereocenters. The van der Waals surface area contributed by atoms with Crippen LogP contribution in [0.5, 0.6) is 5.75 Å². The van der Waals surface area contributed by atoms with Gasteiger partial charge in [-0.2, -0.15) is 8.42 Å². The summed E-state index contributed by atoms with van der Waals surface area (Å²) in [5.41, 5.74) is 1.33. The van der Waals surface area contributed by atoms with Crippen LogP contribution in [0.2, 0.25) is 0 Å². The van der Waals surface area contributed by atoms with Crippen LogP contribution >= 0.6 is 0 Å². The SMILES string of the molecule is Cc1cc(O)c(S(=O)(=O)F)cc1C. The van der Waals surface area contributed by atoms with Gasteiger partial charge in [-0.1, -0.05) is 0 Å². The molecule has 0 aromatic heterocycles. The van der Waals surface area contributed by atoms with Crippen molar-refractivity contribution < 1.29 is 17.4 Å². The summed E-state index contributed by atoms with van der Waals surface area (Å²) in [6.07, 6.45) is 0. The number of halogens is 1. The van der Waals surface area contributed by atoms with E-state index in [0.29, 0.717) is 11.1 Å². The fourth-order valence-electron chi connectivity index (χ4n) is 0.970. The Morgan fingerprint density at radius 2 is 1.69 bits per heavy atom. The van der Waals surface area contributed by atoms with Gasteiger partial charge in [0.15, 0.2) is 0 Å². The predicted molar refractivity (Wildman–Crippen MR) is 45.9 cm³/mol. The quantitative estimate of drug-likeness (QED) is 0.708. The average molecular weight is 204 g/mol. The highest BCUT2D eigenvalue weighted by Gasteiger charge is 2.17. The van der Waals surface area contributed by atoms with E-state index >= 15 is 0 Å². The summed E-state index contributed by atoms with van der Waals surface area (Å²) in [5.74, 6) is -0.550. The van der Waals surface area contributed by atoms with Crippen LogP contribution in [0.4, 0.5) is 3.89 Å². The van der Waals surface area contributed by atoms with Crippen LogP contribution in [0, 0.1) is 13.8 Å². The van der Waals surface area contributed by atoms with Gasteiger partial charge in [0.2, 0.25) is 0 Å². The number of rotatable bonds is 1. The smallest absolute Gasteiger partial charge is 0.335 e. The Bertz CT molecular complexity index is 437. The van der Waals surface area contributed by atoms with Crippen molar-refractivity contribution in [1.29, 1.82) is 0 Å². The van der Waals surface area contributed by atoms with Crippen LogP contribution in [0.1, 0.15) is 11.1 Å². The Hall–Kier alpha value is -1.10. The Kier molecular flexibility index (Phi) is 2.30. The summed E-state index contributed by atoms with van der Waals surface area (Å²) in [5, 5.41) is 9.13. The monoisotopic (exact) mass is 204 g/mol. The first-order valence-corrected chi connectivity index (χ1v) is 4.95. The van der Waals surface area contributed by atoms with E-state index in [2.05, 4.69) is 0 Å². The van der Waals surface area contributed by atoms with E-state index < -0.39 is 20.9 Å². The summed E-state index contributed by atoms with van der Waals surface area (Å²) in [7, 11) is -4.82. The molecular weight excluding hydrogens is 195 g/mol. The summed E-state index contributed by atoms with van der Waals surface area (Å²) in [4.78, 5) is -0.671. The van der Waals surface area contributed by atoms with Crippen molar-refractivity contribution in [3.8, 4) is 5.75 Å². The molecule has 3 nitrogen and oxygen atoms in total. The Balaban J connectivity index is 3.50. The largest absolute Gasteiger partial charge is 0.506 e. The number of hydrogen-bond acceptors (Lipinski definition) is 3. The zero-order valence-corrected chi connectivity index (χ0v) is 8.02. The lowest BCUT2D eigenvalue weighted by molar-refractivity contribution is 0.454. The van der Waals surface area contributed by atoms with E-state index in [9.17, 15) is 12.3 Å². The number of phenolic OH excluding ortho intramolecular Hbond substituents is 1. The maximum absolute atomic E-state index is 12.5. The van der Waals surface area contributed by atoms with Crippen LogP contribution in [-0.2, 0) is 10.2 Å². The number of benzene rings is 1.